The van der Waals surface area contributed by atoms with Crippen molar-refractivity contribution >= 4 is 23.2 Å². The zero-order chi connectivity index (χ0) is 29.9. The van der Waals surface area contributed by atoms with Crippen molar-refractivity contribution in [2.24, 2.45) is 5.41 Å². The number of aromatic nitrogens is 2. The maximum Gasteiger partial charge on any atom is 0.419 e. The molecule has 2 saturated heterocycles. The van der Waals surface area contributed by atoms with Crippen molar-refractivity contribution in [3.05, 3.63) is 35.7 Å². The molecule has 2 aliphatic heterocycles. The van der Waals surface area contributed by atoms with Crippen LogP contribution >= 0.6 is 0 Å². The SMILES string of the molecule is COc1cc(N2CCN(C)CC2)ccc1Nc1ncc(C(F)(F)F)c(CC2N[C@@]23C[C@@]32CCCC[C@H]2N(C)C(C)=O)n1. The summed E-state index contributed by atoms with van der Waals surface area (Å²) in [5.41, 5.74) is 0.453. The van der Waals surface area contributed by atoms with Crippen LogP contribution in [0.3, 0.4) is 0 Å². The zero-order valence-corrected chi connectivity index (χ0v) is 24.7. The van der Waals surface area contributed by atoms with Gasteiger partial charge in [-0.15, -0.1) is 0 Å². The number of nitrogens with zero attached hydrogens (tertiary/aromatic N) is 5. The summed E-state index contributed by atoms with van der Waals surface area (Å²) in [5.74, 6) is 0.686. The minimum absolute atomic E-state index is 0.0263. The van der Waals surface area contributed by atoms with Crippen molar-refractivity contribution in [1.29, 1.82) is 0 Å². The third kappa shape index (κ3) is 5.06. The number of likely N-dealkylation sites (N-methyl/N-ethyl adjacent to an activating group) is 1. The second-order valence-electron chi connectivity index (χ2n) is 12.4. The molecule has 4 fully saturated rings. The lowest BCUT2D eigenvalue weighted by atomic mass is 9.78. The van der Waals surface area contributed by atoms with Crippen LogP contribution in [0, 0.1) is 5.41 Å². The first-order valence-electron chi connectivity index (χ1n) is 14.8. The van der Waals surface area contributed by atoms with Crippen LogP contribution in [0.5, 0.6) is 5.75 Å². The number of carbonyl (C=O) groups is 1. The minimum atomic E-state index is -4.57. The van der Waals surface area contributed by atoms with Crippen molar-refractivity contribution < 1.29 is 22.7 Å². The number of hydrogen-bond donors (Lipinski definition) is 2. The van der Waals surface area contributed by atoms with Gasteiger partial charge in [0.2, 0.25) is 11.9 Å². The highest BCUT2D eigenvalue weighted by molar-refractivity contribution is 5.73. The molecule has 1 aromatic heterocycles. The van der Waals surface area contributed by atoms with Gasteiger partial charge in [-0.1, -0.05) is 12.8 Å². The van der Waals surface area contributed by atoms with E-state index in [0.29, 0.717) is 11.4 Å². The Hall–Kier alpha value is -3.12. The summed E-state index contributed by atoms with van der Waals surface area (Å²) >= 11 is 0. The largest absolute Gasteiger partial charge is 0.494 e. The molecule has 228 valence electrons. The fraction of sp³-hybridized carbons (Fsp3) is 0.633. The van der Waals surface area contributed by atoms with Gasteiger partial charge in [0.1, 0.15) is 5.75 Å². The van der Waals surface area contributed by atoms with E-state index in [0.717, 1.165) is 70.2 Å². The molecule has 2 spiro atoms. The van der Waals surface area contributed by atoms with Gasteiger partial charge in [0, 0.05) is 87.6 Å². The monoisotopic (exact) mass is 587 g/mol. The van der Waals surface area contributed by atoms with Crippen LogP contribution < -0.4 is 20.3 Å². The topological polar surface area (TPSA) is 95.8 Å². The van der Waals surface area contributed by atoms with Crippen molar-refractivity contribution in [1.82, 2.24) is 25.1 Å². The number of nitrogens with one attached hydrogen (secondary N) is 2. The molecule has 6 rings (SSSR count). The fourth-order valence-electron chi connectivity index (χ4n) is 7.57. The van der Waals surface area contributed by atoms with E-state index in [2.05, 4.69) is 37.4 Å². The van der Waals surface area contributed by atoms with E-state index in [1.165, 1.54) is 0 Å². The Kier molecular flexibility index (Phi) is 7.28. The van der Waals surface area contributed by atoms with Gasteiger partial charge in [-0.3, -0.25) is 4.79 Å². The highest BCUT2D eigenvalue weighted by Crippen LogP contribution is 2.72. The van der Waals surface area contributed by atoms with Gasteiger partial charge >= 0.3 is 6.18 Å². The molecule has 3 heterocycles. The van der Waals surface area contributed by atoms with Gasteiger partial charge in [0.05, 0.1) is 24.1 Å². The summed E-state index contributed by atoms with van der Waals surface area (Å²) in [4.78, 5) is 27.0. The van der Waals surface area contributed by atoms with E-state index in [1.54, 1.807) is 14.0 Å². The van der Waals surface area contributed by atoms with Gasteiger partial charge in [-0.25, -0.2) is 9.97 Å². The van der Waals surface area contributed by atoms with Gasteiger partial charge in [-0.2, -0.15) is 13.2 Å². The van der Waals surface area contributed by atoms with E-state index < -0.39 is 11.7 Å². The molecule has 0 radical (unpaired) electrons. The number of amides is 1. The van der Waals surface area contributed by atoms with E-state index >= 15 is 0 Å². The predicted octanol–water partition coefficient (Wildman–Crippen LogP) is 4.06. The second-order valence-corrected chi connectivity index (χ2v) is 12.4. The number of alkyl halides is 3. The smallest absolute Gasteiger partial charge is 0.419 e. The fourth-order valence-corrected chi connectivity index (χ4v) is 7.57. The molecule has 12 heteroatoms. The summed E-state index contributed by atoms with van der Waals surface area (Å²) in [6.45, 7) is 5.33. The van der Waals surface area contributed by atoms with Crippen LogP contribution in [0.2, 0.25) is 0 Å². The van der Waals surface area contributed by atoms with Crippen LogP contribution in [0.4, 0.5) is 30.5 Å². The Balaban J connectivity index is 1.21. The summed E-state index contributed by atoms with van der Waals surface area (Å²) in [7, 11) is 5.52. The molecule has 2 N–H and O–H groups in total. The highest BCUT2D eigenvalue weighted by atomic mass is 19.4. The molecule has 2 aromatic rings. The van der Waals surface area contributed by atoms with Crippen LogP contribution in [0.1, 0.15) is 50.3 Å². The number of benzene rings is 1. The Labute approximate surface area is 244 Å². The molecule has 1 aromatic carbocycles. The van der Waals surface area contributed by atoms with Crippen molar-refractivity contribution in [3.8, 4) is 5.75 Å². The van der Waals surface area contributed by atoms with E-state index in [4.69, 9.17) is 4.74 Å². The van der Waals surface area contributed by atoms with Crippen molar-refractivity contribution in [2.75, 3.05) is 57.6 Å². The van der Waals surface area contributed by atoms with Crippen LogP contribution in [0.25, 0.3) is 0 Å². The number of halogens is 3. The van der Waals surface area contributed by atoms with Crippen LogP contribution in [-0.4, -0.2) is 90.7 Å². The molecule has 2 aliphatic carbocycles. The maximum atomic E-state index is 14.1. The standard InChI is InChI=1S/C30H40F3N7O2/c1-19(41)39(3)26-7-5-6-10-28(26)18-29(28)25(37-29)16-23-21(30(31,32)33)17-34-27(36-23)35-22-9-8-20(15-24(22)42-4)40-13-11-38(2)12-14-40/h8-9,15,17,25-26,37H,5-7,10-14,16,18H2,1-4H3,(H,34,35,36)/t25?,26-,28-,29+/m1/s1. The number of piperazine rings is 1. The molecule has 1 unspecified atom stereocenters. The van der Waals surface area contributed by atoms with E-state index in [1.807, 2.05) is 30.1 Å². The highest BCUT2D eigenvalue weighted by Gasteiger charge is 2.82. The summed E-state index contributed by atoms with van der Waals surface area (Å²) < 4.78 is 47.8. The Morgan fingerprint density at radius 2 is 2.00 bits per heavy atom. The first-order valence-corrected chi connectivity index (χ1v) is 14.8. The van der Waals surface area contributed by atoms with Crippen LogP contribution in [0.15, 0.2) is 24.4 Å². The molecule has 4 atom stereocenters. The lowest BCUT2D eigenvalue weighted by molar-refractivity contribution is -0.138. The maximum absolute atomic E-state index is 14.1. The Morgan fingerprint density at radius 1 is 1.24 bits per heavy atom. The van der Waals surface area contributed by atoms with Crippen molar-refractivity contribution in [3.63, 3.8) is 0 Å². The first kappa shape index (κ1) is 29.0. The molecule has 42 heavy (non-hydrogen) atoms. The van der Waals surface area contributed by atoms with E-state index in [-0.39, 0.29) is 47.0 Å². The number of anilines is 3. The van der Waals surface area contributed by atoms with Crippen molar-refractivity contribution in [2.45, 2.75) is 69.2 Å². The third-order valence-electron chi connectivity index (χ3n) is 10.1. The molecule has 2 saturated carbocycles. The quantitative estimate of drug-likeness (QED) is 0.469. The third-order valence-corrected chi connectivity index (χ3v) is 10.1. The number of hydrogen-bond acceptors (Lipinski definition) is 8. The lowest BCUT2D eigenvalue weighted by Crippen LogP contribution is -2.46. The average molecular weight is 588 g/mol. The van der Waals surface area contributed by atoms with Crippen LogP contribution in [-0.2, 0) is 17.4 Å². The molecular weight excluding hydrogens is 547 g/mol. The van der Waals surface area contributed by atoms with Gasteiger partial charge in [0.25, 0.3) is 0 Å². The summed E-state index contributed by atoms with van der Waals surface area (Å²) in [5, 5.41) is 6.64. The molecule has 0 bridgehead atoms. The second kappa shape index (κ2) is 10.6. The normalized spacial score (nSPS) is 29.1. The molecule has 9 nitrogen and oxygen atoms in total. The Morgan fingerprint density at radius 3 is 2.69 bits per heavy atom. The molecular formula is C30H40F3N7O2. The zero-order valence-electron chi connectivity index (χ0n) is 24.7. The molecule has 1 amide bonds. The minimum Gasteiger partial charge on any atom is -0.494 e. The predicted molar refractivity (Wildman–Crippen MR) is 154 cm³/mol. The Bertz CT molecular complexity index is 1350. The number of rotatable bonds is 7. The van der Waals surface area contributed by atoms with E-state index in [9.17, 15) is 18.0 Å². The molecule has 4 aliphatic rings. The summed E-state index contributed by atoms with van der Waals surface area (Å²) in [6.07, 6.45) is 1.36. The number of fused-ring (bicyclic) bond motifs is 1. The number of carbonyl (C=O) groups excluding carboxylic acids is 1. The van der Waals surface area contributed by atoms with Gasteiger partial charge in [-0.05, 0) is 38.4 Å². The van der Waals surface area contributed by atoms with Gasteiger partial charge in [0.15, 0.2) is 0 Å². The average Bonchev–Trinajstić information content (AvgIpc) is 3.82. The summed E-state index contributed by atoms with van der Waals surface area (Å²) in [6, 6.07) is 5.74. The lowest BCUT2D eigenvalue weighted by Gasteiger charge is -2.39. The number of ether oxygens (including phenoxy) is 1. The first-order chi connectivity index (χ1) is 20.0. The number of methoxy groups -OCH3 is 1. The van der Waals surface area contributed by atoms with Gasteiger partial charge < -0.3 is 30.1 Å².